The second-order valence-corrected chi connectivity index (χ2v) is 8.12. The van der Waals surface area contributed by atoms with Gasteiger partial charge in [0.05, 0.1) is 43.2 Å². The lowest BCUT2D eigenvalue weighted by atomic mass is 10.2. The van der Waals surface area contributed by atoms with Crippen molar-refractivity contribution in [3.05, 3.63) is 41.7 Å². The zero-order valence-electron chi connectivity index (χ0n) is 20.1. The maximum Gasteiger partial charge on any atom is 0.411 e. The second kappa shape index (κ2) is 13.3. The molecule has 1 fully saturated rings. The van der Waals surface area contributed by atoms with Gasteiger partial charge in [-0.3, -0.25) is 10.2 Å². The highest BCUT2D eigenvalue weighted by Gasteiger charge is 2.15. The Hall–Kier alpha value is -3.05. The van der Waals surface area contributed by atoms with Gasteiger partial charge in [0, 0.05) is 36.8 Å². The fourth-order valence-corrected chi connectivity index (χ4v) is 3.88. The number of nitrogens with one attached hydrogen (secondary N) is 2. The third-order valence-electron chi connectivity index (χ3n) is 5.43. The quantitative estimate of drug-likeness (QED) is 0.400. The third-order valence-corrected chi connectivity index (χ3v) is 5.75. The van der Waals surface area contributed by atoms with E-state index in [2.05, 4.69) is 25.5 Å². The maximum absolute atomic E-state index is 11.7. The molecule has 36 heavy (non-hydrogen) atoms. The van der Waals surface area contributed by atoms with Crippen molar-refractivity contribution in [2.75, 3.05) is 63.8 Å². The molecule has 10 nitrogen and oxygen atoms in total. The molecule has 1 aliphatic heterocycles. The number of carbonyl (C=O) groups excluding carboxylic acids is 1. The normalized spacial score (nSPS) is 13.5. The summed E-state index contributed by atoms with van der Waals surface area (Å²) >= 11 is 6.34. The molecule has 194 valence electrons. The minimum absolute atomic E-state index is 0. The summed E-state index contributed by atoms with van der Waals surface area (Å²) in [6.45, 7) is 6.66. The van der Waals surface area contributed by atoms with Crippen LogP contribution in [0, 0.1) is 0 Å². The number of hydrogen-bond acceptors (Lipinski definition) is 9. The van der Waals surface area contributed by atoms with E-state index in [4.69, 9.17) is 30.5 Å². The van der Waals surface area contributed by atoms with Crippen LogP contribution in [-0.4, -0.2) is 74.1 Å². The van der Waals surface area contributed by atoms with Crippen LogP contribution in [0.5, 0.6) is 11.5 Å². The number of fused-ring (bicyclic) bond motifs is 1. The van der Waals surface area contributed by atoms with Crippen molar-refractivity contribution in [1.82, 2.24) is 14.9 Å². The van der Waals surface area contributed by atoms with Crippen LogP contribution in [0.2, 0.25) is 5.02 Å². The molecule has 1 aliphatic rings. The van der Waals surface area contributed by atoms with Crippen LogP contribution < -0.4 is 20.1 Å². The van der Waals surface area contributed by atoms with Gasteiger partial charge in [0.2, 0.25) is 0 Å². The van der Waals surface area contributed by atoms with Gasteiger partial charge in [-0.1, -0.05) is 11.6 Å². The molecular weight excluding hydrogens is 509 g/mol. The van der Waals surface area contributed by atoms with E-state index in [1.165, 1.54) is 6.33 Å². The molecule has 2 aromatic carbocycles. The summed E-state index contributed by atoms with van der Waals surface area (Å²) < 4.78 is 21.9. The predicted molar refractivity (Wildman–Crippen MR) is 141 cm³/mol. The molecule has 2 heterocycles. The first-order valence-electron chi connectivity index (χ1n) is 11.3. The minimum Gasteiger partial charge on any atom is -0.493 e. The number of aromatic nitrogens is 2. The summed E-state index contributed by atoms with van der Waals surface area (Å²) in [5.41, 5.74) is 1.84. The largest absolute Gasteiger partial charge is 0.493 e. The number of nitrogens with zero attached hydrogens (tertiary/aromatic N) is 3. The number of anilines is 3. The standard InChI is InChI=1S/C24H28ClN5O5.ClH/c1-3-34-24(31)29-19-5-4-16(12-18(19)25)28-23-17-13-21(32-2)22(14-20(17)26-15-27-23)35-11-8-30-6-9-33-10-7-30;/h4-5,12-15H,3,6-11H2,1-2H3,(H,29,31)(H,26,27,28);1H. The first-order valence-corrected chi connectivity index (χ1v) is 11.7. The Bertz CT molecular complexity index is 1180. The topological polar surface area (TPSA) is 107 Å². The van der Waals surface area contributed by atoms with Crippen LogP contribution in [0.1, 0.15) is 6.92 Å². The molecule has 4 rings (SSSR count). The van der Waals surface area contributed by atoms with E-state index in [0.29, 0.717) is 45.8 Å². The van der Waals surface area contributed by atoms with E-state index in [1.807, 2.05) is 12.1 Å². The first-order chi connectivity index (χ1) is 17.1. The lowest BCUT2D eigenvalue weighted by molar-refractivity contribution is 0.0321. The smallest absolute Gasteiger partial charge is 0.411 e. The van der Waals surface area contributed by atoms with Gasteiger partial charge in [0.25, 0.3) is 0 Å². The van der Waals surface area contributed by atoms with Crippen LogP contribution in [0.15, 0.2) is 36.7 Å². The van der Waals surface area contributed by atoms with Crippen molar-refractivity contribution in [3.8, 4) is 11.5 Å². The van der Waals surface area contributed by atoms with E-state index in [1.54, 1.807) is 32.2 Å². The number of carbonyl (C=O) groups is 1. The Kier molecular flexibility index (Phi) is 10.2. The zero-order valence-corrected chi connectivity index (χ0v) is 21.7. The molecule has 0 spiro atoms. The van der Waals surface area contributed by atoms with Crippen molar-refractivity contribution in [1.29, 1.82) is 0 Å². The van der Waals surface area contributed by atoms with Gasteiger partial charge in [0.15, 0.2) is 11.5 Å². The number of benzene rings is 2. The molecule has 1 aromatic heterocycles. The Morgan fingerprint density at radius 3 is 2.69 bits per heavy atom. The van der Waals surface area contributed by atoms with Gasteiger partial charge in [-0.2, -0.15) is 0 Å². The molecule has 0 atom stereocenters. The number of methoxy groups -OCH3 is 1. The summed E-state index contributed by atoms with van der Waals surface area (Å²) in [6.07, 6.45) is 0.916. The average molecular weight is 538 g/mol. The highest BCUT2D eigenvalue weighted by molar-refractivity contribution is 6.34. The number of halogens is 2. The van der Waals surface area contributed by atoms with Gasteiger partial charge in [-0.25, -0.2) is 14.8 Å². The van der Waals surface area contributed by atoms with Crippen molar-refractivity contribution >= 4 is 58.2 Å². The molecular formula is C24H29Cl2N5O5. The predicted octanol–water partition coefficient (Wildman–Crippen LogP) is 4.74. The zero-order chi connectivity index (χ0) is 24.6. The lowest BCUT2D eigenvalue weighted by Gasteiger charge is -2.26. The Balaban J connectivity index is 0.00000361. The van der Waals surface area contributed by atoms with Gasteiger partial charge in [-0.05, 0) is 31.2 Å². The lowest BCUT2D eigenvalue weighted by Crippen LogP contribution is -2.38. The van der Waals surface area contributed by atoms with Crippen LogP contribution >= 0.6 is 24.0 Å². The summed E-state index contributed by atoms with van der Waals surface area (Å²) in [4.78, 5) is 22.8. The van der Waals surface area contributed by atoms with Crippen molar-refractivity contribution in [2.24, 2.45) is 0 Å². The van der Waals surface area contributed by atoms with Crippen LogP contribution in [-0.2, 0) is 9.47 Å². The van der Waals surface area contributed by atoms with Gasteiger partial charge in [0.1, 0.15) is 18.8 Å². The van der Waals surface area contributed by atoms with Gasteiger partial charge in [-0.15, -0.1) is 12.4 Å². The maximum atomic E-state index is 11.7. The van der Waals surface area contributed by atoms with E-state index >= 15 is 0 Å². The molecule has 12 heteroatoms. The van der Waals surface area contributed by atoms with Gasteiger partial charge >= 0.3 is 6.09 Å². The van der Waals surface area contributed by atoms with Crippen molar-refractivity contribution in [3.63, 3.8) is 0 Å². The highest BCUT2D eigenvalue weighted by atomic mass is 35.5. The van der Waals surface area contributed by atoms with E-state index in [0.717, 1.165) is 38.2 Å². The molecule has 1 saturated heterocycles. The summed E-state index contributed by atoms with van der Waals surface area (Å²) in [6, 6.07) is 8.85. The van der Waals surface area contributed by atoms with E-state index in [9.17, 15) is 4.79 Å². The van der Waals surface area contributed by atoms with Crippen molar-refractivity contribution in [2.45, 2.75) is 6.92 Å². The molecule has 0 unspecified atom stereocenters. The molecule has 3 aromatic rings. The number of hydrogen-bond donors (Lipinski definition) is 2. The number of ether oxygens (including phenoxy) is 4. The third kappa shape index (κ3) is 7.01. The average Bonchev–Trinajstić information content (AvgIpc) is 2.86. The summed E-state index contributed by atoms with van der Waals surface area (Å²) in [7, 11) is 1.60. The monoisotopic (exact) mass is 537 g/mol. The molecule has 0 radical (unpaired) electrons. The SMILES string of the molecule is CCOC(=O)Nc1ccc(Nc2ncnc3cc(OCCN4CCOCC4)c(OC)cc23)cc1Cl.Cl. The summed E-state index contributed by atoms with van der Waals surface area (Å²) in [5.74, 6) is 1.79. The number of morpholine rings is 1. The molecule has 1 amide bonds. The van der Waals surface area contributed by atoms with Crippen LogP contribution in [0.4, 0.5) is 22.0 Å². The molecule has 0 aliphatic carbocycles. The first kappa shape index (κ1) is 27.5. The van der Waals surface area contributed by atoms with Crippen LogP contribution in [0.25, 0.3) is 10.9 Å². The Labute approximate surface area is 220 Å². The van der Waals surface area contributed by atoms with Crippen molar-refractivity contribution < 1.29 is 23.7 Å². The number of rotatable bonds is 9. The second-order valence-electron chi connectivity index (χ2n) is 7.71. The van der Waals surface area contributed by atoms with E-state index in [-0.39, 0.29) is 19.0 Å². The molecule has 0 bridgehead atoms. The van der Waals surface area contributed by atoms with Crippen LogP contribution in [0.3, 0.4) is 0 Å². The summed E-state index contributed by atoms with van der Waals surface area (Å²) in [5, 5.41) is 6.98. The van der Waals surface area contributed by atoms with Gasteiger partial charge < -0.3 is 24.3 Å². The molecule has 2 N–H and O–H groups in total. The Morgan fingerprint density at radius 1 is 1.17 bits per heavy atom. The minimum atomic E-state index is -0.563. The Morgan fingerprint density at radius 2 is 1.97 bits per heavy atom. The number of amides is 1. The fourth-order valence-electron chi connectivity index (χ4n) is 3.65. The molecule has 0 saturated carbocycles. The highest BCUT2D eigenvalue weighted by Crippen LogP contribution is 2.35. The fraction of sp³-hybridized carbons (Fsp3) is 0.375. The van der Waals surface area contributed by atoms with E-state index < -0.39 is 6.09 Å².